The van der Waals surface area contributed by atoms with Crippen molar-refractivity contribution in [2.45, 2.75) is 18.9 Å². The summed E-state index contributed by atoms with van der Waals surface area (Å²) in [6.45, 7) is 10.8. The number of nitrogens with one attached hydrogen (secondary N) is 2. The number of quaternary nitrogens is 2. The summed E-state index contributed by atoms with van der Waals surface area (Å²) in [4.78, 5) is 0. The molecular weight excluding hydrogens is 272 g/mol. The molecule has 4 nitrogen and oxygen atoms in total. The summed E-state index contributed by atoms with van der Waals surface area (Å²) in [7, 11) is 7.38. The molecule has 0 aromatic carbocycles. The van der Waals surface area contributed by atoms with Crippen LogP contribution in [0.2, 0.25) is 0 Å². The van der Waals surface area contributed by atoms with Crippen molar-refractivity contribution >= 4 is 0 Å². The van der Waals surface area contributed by atoms with Crippen molar-refractivity contribution < 1.29 is 8.97 Å². The molecule has 0 aromatic heterocycles. The van der Waals surface area contributed by atoms with Gasteiger partial charge in [0.2, 0.25) is 0 Å². The molecule has 126 valence electrons. The highest BCUT2D eigenvalue weighted by atomic mass is 15.4. The van der Waals surface area contributed by atoms with Crippen molar-refractivity contribution in [2.75, 3.05) is 73.5 Å². The molecule has 22 heavy (non-hydrogen) atoms. The van der Waals surface area contributed by atoms with Crippen molar-refractivity contribution in [2.24, 2.45) is 23.7 Å². The average molecular weight is 309 g/mol. The molecule has 0 aliphatic carbocycles. The molecule has 0 spiro atoms. The summed E-state index contributed by atoms with van der Waals surface area (Å²) in [5.41, 5.74) is 0. The van der Waals surface area contributed by atoms with E-state index in [1.807, 2.05) is 0 Å². The largest absolute Gasteiger partial charge is 0.328 e. The first-order valence-electron chi connectivity index (χ1n) is 9.54. The van der Waals surface area contributed by atoms with Crippen LogP contribution in [0.4, 0.5) is 0 Å². The van der Waals surface area contributed by atoms with Crippen molar-refractivity contribution in [1.29, 1.82) is 0 Å². The maximum Gasteiger partial charge on any atom is 0.0831 e. The molecule has 4 heterocycles. The summed E-state index contributed by atoms with van der Waals surface area (Å²) >= 11 is 0. The molecule has 4 saturated heterocycles. The predicted molar refractivity (Wildman–Crippen MR) is 90.5 cm³/mol. The van der Waals surface area contributed by atoms with Crippen LogP contribution in [0.15, 0.2) is 0 Å². The second-order valence-corrected chi connectivity index (χ2v) is 9.74. The van der Waals surface area contributed by atoms with Crippen LogP contribution >= 0.6 is 0 Å². The molecule has 0 radical (unpaired) electrons. The van der Waals surface area contributed by atoms with Crippen LogP contribution in [0.5, 0.6) is 0 Å². The number of nitrogens with zero attached hydrogens (tertiary/aromatic N) is 2. The molecule has 4 aliphatic rings. The minimum absolute atomic E-state index is 0.823. The van der Waals surface area contributed by atoms with Gasteiger partial charge in [-0.15, -0.1) is 0 Å². The zero-order valence-electron chi connectivity index (χ0n) is 14.9. The Bertz CT molecular complexity index is 409. The van der Waals surface area contributed by atoms with Crippen molar-refractivity contribution in [3.05, 3.63) is 0 Å². The van der Waals surface area contributed by atoms with Crippen LogP contribution in [-0.2, 0) is 0 Å². The number of rotatable bonds is 3. The first kappa shape index (κ1) is 15.4. The number of likely N-dealkylation sites (tertiary alicyclic amines) is 2. The van der Waals surface area contributed by atoms with Crippen molar-refractivity contribution in [3.63, 3.8) is 0 Å². The van der Waals surface area contributed by atoms with E-state index in [9.17, 15) is 0 Å². The monoisotopic (exact) mass is 308 g/mol. The lowest BCUT2D eigenvalue weighted by atomic mass is 9.83. The maximum atomic E-state index is 3.85. The molecular formula is C18H36N4+2. The zero-order chi connectivity index (χ0) is 15.4. The van der Waals surface area contributed by atoms with Gasteiger partial charge in [0.15, 0.2) is 0 Å². The lowest BCUT2D eigenvalue weighted by Gasteiger charge is -2.41. The third kappa shape index (κ3) is 2.83. The van der Waals surface area contributed by atoms with Gasteiger partial charge in [0.25, 0.3) is 0 Å². The summed E-state index contributed by atoms with van der Waals surface area (Å²) in [6.07, 6.45) is 2.83. The Labute approximate surface area is 136 Å². The fourth-order valence-electron chi connectivity index (χ4n) is 6.07. The van der Waals surface area contributed by atoms with E-state index in [0.717, 1.165) is 29.7 Å². The fourth-order valence-corrected chi connectivity index (χ4v) is 6.07. The minimum Gasteiger partial charge on any atom is -0.328 e. The highest BCUT2D eigenvalue weighted by Crippen LogP contribution is 2.36. The van der Waals surface area contributed by atoms with Gasteiger partial charge in [0, 0.05) is 49.7 Å². The standard InChI is InChI=1S/C18H36N4/c1-21(2)6-5-18-17(13-21)14(10-20-18)4-7-22(3)11-15-8-19-9-16(15)12-22/h14-20H,4-13H2,1-3H3/q+2. The molecule has 0 amide bonds. The van der Waals surface area contributed by atoms with Crippen LogP contribution in [0.3, 0.4) is 0 Å². The van der Waals surface area contributed by atoms with E-state index in [-0.39, 0.29) is 0 Å². The molecule has 4 rings (SSSR count). The van der Waals surface area contributed by atoms with Crippen LogP contribution in [0.1, 0.15) is 12.8 Å². The summed E-state index contributed by atoms with van der Waals surface area (Å²) in [6, 6.07) is 0.823. The Morgan fingerprint density at radius 2 is 1.68 bits per heavy atom. The highest BCUT2D eigenvalue weighted by Gasteiger charge is 2.47. The van der Waals surface area contributed by atoms with Gasteiger partial charge in [-0.3, -0.25) is 0 Å². The van der Waals surface area contributed by atoms with Crippen molar-refractivity contribution in [3.8, 4) is 0 Å². The van der Waals surface area contributed by atoms with Gasteiger partial charge in [-0.25, -0.2) is 0 Å². The SMILES string of the molecule is C[N+]1(C)CCC2NCC(CC[N+]3(C)CC4CNCC4C3)C2C1. The topological polar surface area (TPSA) is 24.1 Å². The van der Waals surface area contributed by atoms with Crippen LogP contribution in [0.25, 0.3) is 0 Å². The van der Waals surface area contributed by atoms with E-state index >= 15 is 0 Å². The molecule has 0 bridgehead atoms. The number of piperidine rings is 1. The minimum atomic E-state index is 0.823. The van der Waals surface area contributed by atoms with Crippen molar-refractivity contribution in [1.82, 2.24) is 10.6 Å². The van der Waals surface area contributed by atoms with Gasteiger partial charge in [-0.1, -0.05) is 0 Å². The summed E-state index contributed by atoms with van der Waals surface area (Å²) in [5, 5.41) is 7.43. The molecule has 2 N–H and O–H groups in total. The molecule has 4 fully saturated rings. The molecule has 5 unspecified atom stereocenters. The zero-order valence-corrected chi connectivity index (χ0v) is 14.9. The second kappa shape index (κ2) is 5.44. The Hall–Kier alpha value is -0.160. The lowest BCUT2D eigenvalue weighted by molar-refractivity contribution is -0.903. The lowest BCUT2D eigenvalue weighted by Crippen LogP contribution is -2.54. The number of fused-ring (bicyclic) bond motifs is 2. The molecule has 0 aromatic rings. The quantitative estimate of drug-likeness (QED) is 0.736. The van der Waals surface area contributed by atoms with Gasteiger partial charge < -0.3 is 19.6 Å². The Balaban J connectivity index is 1.34. The van der Waals surface area contributed by atoms with Crippen LogP contribution in [-0.4, -0.2) is 88.5 Å². The summed E-state index contributed by atoms with van der Waals surface area (Å²) < 4.78 is 2.59. The number of hydrogen-bond donors (Lipinski definition) is 2. The maximum absolute atomic E-state index is 3.85. The van der Waals surface area contributed by atoms with E-state index in [1.165, 1.54) is 74.2 Å². The third-order valence-corrected chi connectivity index (χ3v) is 7.39. The third-order valence-electron chi connectivity index (χ3n) is 7.39. The van der Waals surface area contributed by atoms with E-state index in [1.54, 1.807) is 0 Å². The highest BCUT2D eigenvalue weighted by molar-refractivity contribution is 4.92. The Morgan fingerprint density at radius 1 is 0.955 bits per heavy atom. The van der Waals surface area contributed by atoms with Gasteiger partial charge in [-0.05, 0) is 12.5 Å². The van der Waals surface area contributed by atoms with E-state index in [4.69, 9.17) is 0 Å². The molecule has 4 aliphatic heterocycles. The first-order valence-corrected chi connectivity index (χ1v) is 9.54. The molecule has 0 saturated carbocycles. The molecule has 5 atom stereocenters. The van der Waals surface area contributed by atoms with Gasteiger partial charge >= 0.3 is 0 Å². The smallest absolute Gasteiger partial charge is 0.0831 e. The van der Waals surface area contributed by atoms with E-state index in [0.29, 0.717) is 0 Å². The average Bonchev–Trinajstić information content (AvgIpc) is 3.09. The van der Waals surface area contributed by atoms with E-state index in [2.05, 4.69) is 31.8 Å². The Kier molecular flexibility index (Phi) is 3.80. The van der Waals surface area contributed by atoms with Crippen LogP contribution in [0, 0.1) is 23.7 Å². The van der Waals surface area contributed by atoms with Crippen LogP contribution < -0.4 is 10.6 Å². The Morgan fingerprint density at radius 3 is 2.41 bits per heavy atom. The predicted octanol–water partition coefficient (Wildman–Crippen LogP) is 0.357. The van der Waals surface area contributed by atoms with Gasteiger partial charge in [-0.2, -0.15) is 0 Å². The van der Waals surface area contributed by atoms with Gasteiger partial charge in [0.05, 0.1) is 53.9 Å². The number of hydrogen-bond acceptors (Lipinski definition) is 2. The summed E-state index contributed by atoms with van der Waals surface area (Å²) in [5.74, 6) is 3.78. The van der Waals surface area contributed by atoms with E-state index < -0.39 is 0 Å². The second-order valence-electron chi connectivity index (χ2n) is 9.74. The fraction of sp³-hybridized carbons (Fsp3) is 1.00. The molecule has 4 heteroatoms. The first-order chi connectivity index (χ1) is 10.4. The normalized spacial score (nSPS) is 50.0. The van der Waals surface area contributed by atoms with Gasteiger partial charge in [0.1, 0.15) is 0 Å².